The molecular weight excluding hydrogens is 463 g/mol. The van der Waals surface area contributed by atoms with E-state index in [0.717, 1.165) is 5.56 Å². The van der Waals surface area contributed by atoms with Crippen LogP contribution in [0.25, 0.3) is 21.9 Å². The molecule has 1 aliphatic heterocycles. The number of ether oxygens (including phenoxy) is 1. The topological polar surface area (TPSA) is 137 Å². The predicted octanol–water partition coefficient (Wildman–Crippen LogP) is 4.94. The first-order valence-electron chi connectivity index (χ1n) is 11.8. The van der Waals surface area contributed by atoms with Crippen molar-refractivity contribution in [2.75, 3.05) is 29.1 Å². The van der Waals surface area contributed by atoms with Gasteiger partial charge in [-0.15, -0.1) is 0 Å². The van der Waals surface area contributed by atoms with Gasteiger partial charge >= 0.3 is 6.09 Å². The fourth-order valence-electron chi connectivity index (χ4n) is 5.03. The zero-order chi connectivity index (χ0) is 25.8. The van der Waals surface area contributed by atoms with Gasteiger partial charge in [-0.2, -0.15) is 5.26 Å². The number of anilines is 3. The van der Waals surface area contributed by atoms with Crippen molar-refractivity contribution in [3.8, 4) is 23.1 Å². The fraction of sp³-hybridized carbons (Fsp3) is 0.385. The van der Waals surface area contributed by atoms with Crippen molar-refractivity contribution in [2.45, 2.75) is 39.7 Å². The van der Waals surface area contributed by atoms with E-state index in [1.165, 1.54) is 11.1 Å². The van der Waals surface area contributed by atoms with Crippen molar-refractivity contribution in [3.63, 3.8) is 0 Å². The van der Waals surface area contributed by atoms with E-state index < -0.39 is 17.3 Å². The lowest BCUT2D eigenvalue weighted by Gasteiger charge is -2.45. The molecule has 1 aromatic carbocycles. The molecule has 0 saturated heterocycles. The van der Waals surface area contributed by atoms with Crippen LogP contribution in [0.5, 0.6) is 5.88 Å². The highest BCUT2D eigenvalue weighted by Gasteiger charge is 2.44. The number of hydrogen-bond donors (Lipinski definition) is 3. The maximum Gasteiger partial charge on any atom is 0.413 e. The molecule has 186 valence electrons. The van der Waals surface area contributed by atoms with Gasteiger partial charge in [-0.25, -0.2) is 19.2 Å². The molecule has 10 heteroatoms. The Bertz CT molecular complexity index is 1430. The van der Waals surface area contributed by atoms with E-state index in [9.17, 15) is 15.2 Å². The molecule has 2 aromatic heterocycles. The minimum absolute atomic E-state index is 0.0655. The third-order valence-corrected chi connectivity index (χ3v) is 7.46. The summed E-state index contributed by atoms with van der Waals surface area (Å²) in [5, 5.41) is 23.6. The number of nitrogens with two attached hydrogens (primary N) is 1. The van der Waals surface area contributed by atoms with Crippen molar-refractivity contribution in [1.82, 2.24) is 9.97 Å². The highest BCUT2D eigenvalue weighted by atomic mass is 19.1. The SMILES string of the molecule is Cc1c(-c2cc3cc(N(C(=O)O)C4CC(C(C)(C)C#N)C4)ncc3c(N)c2F)cnc2c1NCCO2. The number of benzene rings is 1. The highest BCUT2D eigenvalue weighted by Crippen LogP contribution is 2.45. The maximum atomic E-state index is 15.4. The highest BCUT2D eigenvalue weighted by molar-refractivity contribution is 5.99. The van der Waals surface area contributed by atoms with E-state index in [1.54, 1.807) is 18.3 Å². The van der Waals surface area contributed by atoms with Gasteiger partial charge in [-0.1, -0.05) is 0 Å². The molecule has 9 nitrogen and oxygen atoms in total. The van der Waals surface area contributed by atoms with Gasteiger partial charge < -0.3 is 20.9 Å². The Balaban J connectivity index is 1.55. The molecule has 3 aromatic rings. The van der Waals surface area contributed by atoms with E-state index in [0.29, 0.717) is 53.9 Å². The van der Waals surface area contributed by atoms with Crippen molar-refractivity contribution in [2.24, 2.45) is 11.3 Å². The van der Waals surface area contributed by atoms with Crippen LogP contribution in [0.1, 0.15) is 32.3 Å². The smallest absolute Gasteiger partial charge is 0.413 e. The molecule has 0 spiro atoms. The molecule has 3 heterocycles. The van der Waals surface area contributed by atoms with Crippen LogP contribution in [0.3, 0.4) is 0 Å². The fourth-order valence-corrected chi connectivity index (χ4v) is 5.03. The molecule has 36 heavy (non-hydrogen) atoms. The Labute approximate surface area is 207 Å². The lowest BCUT2D eigenvalue weighted by Crippen LogP contribution is -2.51. The molecular formula is C26H27FN6O3. The molecule has 4 N–H and O–H groups in total. The van der Waals surface area contributed by atoms with E-state index in [1.807, 2.05) is 20.8 Å². The monoisotopic (exact) mass is 490 g/mol. The molecule has 0 radical (unpaired) electrons. The van der Waals surface area contributed by atoms with Crippen molar-refractivity contribution < 1.29 is 19.0 Å². The summed E-state index contributed by atoms with van der Waals surface area (Å²) in [6, 6.07) is 5.28. The van der Waals surface area contributed by atoms with Gasteiger partial charge in [0.05, 0.1) is 17.2 Å². The number of rotatable bonds is 4. The third kappa shape index (κ3) is 3.71. The summed E-state index contributed by atoms with van der Waals surface area (Å²) in [6.07, 6.45) is 2.97. The van der Waals surface area contributed by atoms with E-state index >= 15 is 4.39 Å². The zero-order valence-electron chi connectivity index (χ0n) is 20.3. The zero-order valence-corrected chi connectivity index (χ0v) is 20.3. The molecule has 5 rings (SSSR count). The Morgan fingerprint density at radius 2 is 2.06 bits per heavy atom. The number of nitriles is 1. The van der Waals surface area contributed by atoms with Crippen molar-refractivity contribution in [1.29, 1.82) is 5.26 Å². The van der Waals surface area contributed by atoms with Gasteiger partial charge in [0.1, 0.15) is 18.1 Å². The molecule has 1 aliphatic carbocycles. The Morgan fingerprint density at radius 1 is 1.31 bits per heavy atom. The van der Waals surface area contributed by atoms with Crippen LogP contribution in [0, 0.1) is 35.4 Å². The first-order chi connectivity index (χ1) is 17.1. The van der Waals surface area contributed by atoms with Gasteiger partial charge in [-0.05, 0) is 62.6 Å². The number of pyridine rings is 2. The quantitative estimate of drug-likeness (QED) is 0.437. The predicted molar refractivity (Wildman–Crippen MR) is 134 cm³/mol. The van der Waals surface area contributed by atoms with Gasteiger partial charge in [0, 0.05) is 41.5 Å². The number of nitrogen functional groups attached to an aromatic ring is 1. The van der Waals surface area contributed by atoms with Crippen LogP contribution in [-0.4, -0.2) is 40.4 Å². The van der Waals surface area contributed by atoms with Crippen LogP contribution >= 0.6 is 0 Å². The average molecular weight is 491 g/mol. The summed E-state index contributed by atoms with van der Waals surface area (Å²) in [6.45, 7) is 6.71. The summed E-state index contributed by atoms with van der Waals surface area (Å²) in [5.41, 5.74) is 7.89. The molecule has 1 fully saturated rings. The molecule has 1 amide bonds. The van der Waals surface area contributed by atoms with Crippen LogP contribution in [0.2, 0.25) is 0 Å². The lowest BCUT2D eigenvalue weighted by molar-refractivity contribution is 0.133. The summed E-state index contributed by atoms with van der Waals surface area (Å²) in [4.78, 5) is 22.1. The van der Waals surface area contributed by atoms with Crippen LogP contribution in [-0.2, 0) is 0 Å². The second-order valence-corrected chi connectivity index (χ2v) is 9.98. The Morgan fingerprint density at radius 3 is 2.75 bits per heavy atom. The molecule has 0 atom stereocenters. The minimum Gasteiger partial charge on any atom is -0.474 e. The molecule has 0 unspecified atom stereocenters. The second-order valence-electron chi connectivity index (χ2n) is 9.98. The lowest BCUT2D eigenvalue weighted by atomic mass is 9.65. The molecule has 0 bridgehead atoms. The van der Waals surface area contributed by atoms with Gasteiger partial charge in [0.25, 0.3) is 0 Å². The Kier molecular flexibility index (Phi) is 5.58. The summed E-state index contributed by atoms with van der Waals surface area (Å²) >= 11 is 0. The number of carboxylic acid groups (broad SMARTS) is 1. The normalized spacial score (nSPS) is 18.9. The van der Waals surface area contributed by atoms with Crippen LogP contribution in [0.15, 0.2) is 24.5 Å². The largest absolute Gasteiger partial charge is 0.474 e. The number of carbonyl (C=O) groups is 1. The van der Waals surface area contributed by atoms with Gasteiger partial charge in [0.15, 0.2) is 5.82 Å². The van der Waals surface area contributed by atoms with E-state index in [-0.39, 0.29) is 29.0 Å². The average Bonchev–Trinajstić information content (AvgIpc) is 2.83. The second kappa shape index (κ2) is 8.52. The maximum absolute atomic E-state index is 15.4. The van der Waals surface area contributed by atoms with Crippen LogP contribution < -0.4 is 20.7 Å². The standard InChI is InChI=1S/C26H27FN6O3/c1-13-18(10-32-24-23(13)30-4-5-36-24)17-6-14-7-20(31-11-19(14)22(29)21(17)27)33(25(34)35)16-8-15(9-16)26(2,3)12-28/h6-7,10-11,15-16,30H,4-5,8-9,29H2,1-3H3,(H,34,35). The minimum atomic E-state index is -1.13. The number of amides is 1. The van der Waals surface area contributed by atoms with E-state index in [2.05, 4.69) is 21.4 Å². The summed E-state index contributed by atoms with van der Waals surface area (Å²) in [5.74, 6) is 0.219. The summed E-state index contributed by atoms with van der Waals surface area (Å²) < 4.78 is 21.0. The van der Waals surface area contributed by atoms with Gasteiger partial charge in [0.2, 0.25) is 5.88 Å². The third-order valence-electron chi connectivity index (χ3n) is 7.46. The molecule has 1 saturated carbocycles. The number of nitrogens with one attached hydrogen (secondary N) is 1. The van der Waals surface area contributed by atoms with Crippen LogP contribution in [0.4, 0.5) is 26.4 Å². The number of nitrogens with zero attached hydrogens (tertiary/aromatic N) is 4. The van der Waals surface area contributed by atoms with Crippen molar-refractivity contribution >= 4 is 34.1 Å². The number of hydrogen-bond acceptors (Lipinski definition) is 7. The van der Waals surface area contributed by atoms with Gasteiger partial charge in [-0.3, -0.25) is 4.90 Å². The molecule has 2 aliphatic rings. The summed E-state index contributed by atoms with van der Waals surface area (Å²) in [7, 11) is 0. The number of fused-ring (bicyclic) bond motifs is 2. The Hall–Kier alpha value is -4.13. The first-order valence-corrected chi connectivity index (χ1v) is 11.8. The van der Waals surface area contributed by atoms with E-state index in [4.69, 9.17) is 10.5 Å². The van der Waals surface area contributed by atoms with Crippen molar-refractivity contribution in [3.05, 3.63) is 35.9 Å². The first kappa shape index (κ1) is 23.6. The number of aromatic nitrogens is 2. The number of halogens is 1.